The molecule has 1 aromatic heterocycles. The minimum absolute atomic E-state index is 0.130. The molecule has 1 amide bonds. The zero-order valence-corrected chi connectivity index (χ0v) is 19.8. The summed E-state index contributed by atoms with van der Waals surface area (Å²) in [5.41, 5.74) is 3.34. The van der Waals surface area contributed by atoms with Crippen molar-refractivity contribution < 1.29 is 24.5 Å². The van der Waals surface area contributed by atoms with Gasteiger partial charge in [-0.1, -0.05) is 19.3 Å². The van der Waals surface area contributed by atoms with E-state index in [9.17, 15) is 15.0 Å². The largest absolute Gasteiger partial charge is 0.504 e. The van der Waals surface area contributed by atoms with Crippen LogP contribution in [0.2, 0.25) is 0 Å². The molecule has 1 aliphatic carbocycles. The molecule has 0 aliphatic heterocycles. The molecule has 0 atom stereocenters. The molecular weight excluding hydrogens is 434 g/mol. The van der Waals surface area contributed by atoms with Gasteiger partial charge < -0.3 is 25.0 Å². The number of ether oxygens (including phenoxy) is 2. The van der Waals surface area contributed by atoms with Gasteiger partial charge in [-0.05, 0) is 49.2 Å². The Morgan fingerprint density at radius 3 is 2.38 bits per heavy atom. The average Bonchev–Trinajstić information content (AvgIpc) is 3.29. The van der Waals surface area contributed by atoms with Gasteiger partial charge in [-0.15, -0.1) is 0 Å². The predicted molar refractivity (Wildman–Crippen MR) is 129 cm³/mol. The quantitative estimate of drug-likeness (QED) is 0.489. The number of nitrogens with zero attached hydrogens (tertiary/aromatic N) is 2. The van der Waals surface area contributed by atoms with Crippen LogP contribution in [0.3, 0.4) is 0 Å². The first-order valence-electron chi connectivity index (χ1n) is 11.5. The van der Waals surface area contributed by atoms with Crippen molar-refractivity contribution >= 4 is 6.03 Å². The van der Waals surface area contributed by atoms with Crippen LogP contribution in [0.15, 0.2) is 36.4 Å². The SMILES string of the molecule is CNC(=O)n1c(-c2cc(CO)c(O)c(OC)c2)nc(C2CCCCC2)c1-c1ccc(OC)cc1. The van der Waals surface area contributed by atoms with Crippen LogP contribution in [-0.2, 0) is 6.61 Å². The van der Waals surface area contributed by atoms with E-state index in [-0.39, 0.29) is 30.1 Å². The van der Waals surface area contributed by atoms with Gasteiger partial charge in [0.25, 0.3) is 0 Å². The lowest BCUT2D eigenvalue weighted by molar-refractivity contribution is 0.245. The Morgan fingerprint density at radius 1 is 1.09 bits per heavy atom. The van der Waals surface area contributed by atoms with Gasteiger partial charge in [-0.3, -0.25) is 0 Å². The smallest absolute Gasteiger partial charge is 0.327 e. The van der Waals surface area contributed by atoms with Crippen LogP contribution in [0.5, 0.6) is 17.2 Å². The zero-order valence-electron chi connectivity index (χ0n) is 19.8. The van der Waals surface area contributed by atoms with Crippen molar-refractivity contribution in [2.75, 3.05) is 21.3 Å². The van der Waals surface area contributed by atoms with Gasteiger partial charge in [-0.25, -0.2) is 14.3 Å². The Kier molecular flexibility index (Phi) is 7.07. The summed E-state index contributed by atoms with van der Waals surface area (Å²) < 4.78 is 12.2. The molecule has 180 valence electrons. The van der Waals surface area contributed by atoms with E-state index in [0.29, 0.717) is 17.0 Å². The first-order chi connectivity index (χ1) is 16.5. The lowest BCUT2D eigenvalue weighted by atomic mass is 9.85. The van der Waals surface area contributed by atoms with Gasteiger partial charge >= 0.3 is 6.03 Å². The third kappa shape index (κ3) is 4.33. The summed E-state index contributed by atoms with van der Waals surface area (Å²) in [4.78, 5) is 18.3. The number of nitrogens with one attached hydrogen (secondary N) is 1. The summed E-state index contributed by atoms with van der Waals surface area (Å²) in [6, 6.07) is 10.6. The molecule has 2 aromatic carbocycles. The summed E-state index contributed by atoms with van der Waals surface area (Å²) in [5, 5.41) is 22.9. The number of rotatable bonds is 6. The van der Waals surface area contributed by atoms with Crippen LogP contribution >= 0.6 is 0 Å². The molecule has 8 heteroatoms. The first-order valence-corrected chi connectivity index (χ1v) is 11.5. The molecule has 1 saturated carbocycles. The molecule has 1 fully saturated rings. The van der Waals surface area contributed by atoms with Gasteiger partial charge in [0.1, 0.15) is 11.6 Å². The summed E-state index contributed by atoms with van der Waals surface area (Å²) in [7, 11) is 4.65. The molecule has 0 bridgehead atoms. The molecule has 1 aliphatic rings. The molecule has 1 heterocycles. The third-order valence-electron chi connectivity index (χ3n) is 6.48. The minimum Gasteiger partial charge on any atom is -0.504 e. The summed E-state index contributed by atoms with van der Waals surface area (Å²) >= 11 is 0. The van der Waals surface area contributed by atoms with Crippen molar-refractivity contribution in [1.82, 2.24) is 14.9 Å². The monoisotopic (exact) mass is 465 g/mol. The van der Waals surface area contributed by atoms with E-state index in [2.05, 4.69) is 5.32 Å². The highest BCUT2D eigenvalue weighted by Crippen LogP contribution is 2.42. The van der Waals surface area contributed by atoms with E-state index < -0.39 is 0 Å². The topological polar surface area (TPSA) is 106 Å². The normalized spacial score (nSPS) is 14.1. The average molecular weight is 466 g/mol. The second-order valence-corrected chi connectivity index (χ2v) is 8.47. The van der Waals surface area contributed by atoms with Crippen molar-refractivity contribution in [1.29, 1.82) is 0 Å². The fraction of sp³-hybridized carbons (Fsp3) is 0.385. The summed E-state index contributed by atoms with van der Waals surface area (Å²) in [6.45, 7) is -0.377. The Labute approximate surface area is 199 Å². The molecular formula is C26H31N3O5. The number of aromatic nitrogens is 2. The molecule has 0 unspecified atom stereocenters. The molecule has 34 heavy (non-hydrogen) atoms. The number of aliphatic hydroxyl groups excluding tert-OH is 1. The minimum atomic E-state index is -0.377. The molecule has 4 rings (SSSR count). The Balaban J connectivity index is 2.00. The number of carbonyl (C=O) groups is 1. The second kappa shape index (κ2) is 10.2. The van der Waals surface area contributed by atoms with E-state index in [1.165, 1.54) is 13.5 Å². The molecule has 8 nitrogen and oxygen atoms in total. The number of benzene rings is 2. The van der Waals surface area contributed by atoms with Gasteiger partial charge in [-0.2, -0.15) is 0 Å². The van der Waals surface area contributed by atoms with E-state index in [4.69, 9.17) is 14.5 Å². The summed E-state index contributed by atoms with van der Waals surface area (Å²) in [6.07, 6.45) is 5.46. The molecule has 0 radical (unpaired) electrons. The van der Waals surface area contributed by atoms with Gasteiger partial charge in [0.15, 0.2) is 11.5 Å². The van der Waals surface area contributed by atoms with Crippen molar-refractivity contribution in [3.63, 3.8) is 0 Å². The van der Waals surface area contributed by atoms with Crippen LogP contribution < -0.4 is 14.8 Å². The maximum absolute atomic E-state index is 13.3. The standard InChI is InChI=1S/C26H31N3O5/c1-27-26(32)29-23(17-9-11-20(33-2)12-10-17)22(16-7-5-4-6-8-16)28-25(29)18-13-19(15-30)24(31)21(14-18)34-3/h9-14,16,30-31H,4-8,15H2,1-3H3,(H,27,32). The van der Waals surface area contributed by atoms with Crippen LogP contribution in [0, 0.1) is 0 Å². The predicted octanol–water partition coefficient (Wildman–Crippen LogP) is 4.67. The first kappa shape index (κ1) is 23.6. The van der Waals surface area contributed by atoms with Crippen LogP contribution in [0.25, 0.3) is 22.6 Å². The number of phenols is 1. The number of hydrogen-bond acceptors (Lipinski definition) is 6. The highest BCUT2D eigenvalue weighted by Gasteiger charge is 2.30. The van der Waals surface area contributed by atoms with Crippen molar-refractivity contribution in [2.45, 2.75) is 44.6 Å². The third-order valence-corrected chi connectivity index (χ3v) is 6.48. The fourth-order valence-electron chi connectivity index (χ4n) is 4.70. The van der Waals surface area contributed by atoms with Gasteiger partial charge in [0.05, 0.1) is 32.2 Å². The van der Waals surface area contributed by atoms with E-state index in [1.807, 2.05) is 24.3 Å². The molecule has 0 spiro atoms. The highest BCUT2D eigenvalue weighted by molar-refractivity contribution is 5.88. The zero-order chi connectivity index (χ0) is 24.2. The van der Waals surface area contributed by atoms with Crippen LogP contribution in [-0.4, -0.2) is 47.1 Å². The maximum atomic E-state index is 13.3. The van der Waals surface area contributed by atoms with Crippen molar-refractivity contribution in [2.24, 2.45) is 0 Å². The lowest BCUT2D eigenvalue weighted by Crippen LogP contribution is -2.26. The molecule has 3 N–H and O–H groups in total. The number of amides is 1. The number of hydrogen-bond donors (Lipinski definition) is 3. The number of imidazole rings is 1. The number of aliphatic hydroxyl groups is 1. The van der Waals surface area contributed by atoms with Gasteiger partial charge in [0.2, 0.25) is 0 Å². The molecule has 3 aromatic rings. The Morgan fingerprint density at radius 2 is 1.79 bits per heavy atom. The fourth-order valence-corrected chi connectivity index (χ4v) is 4.70. The maximum Gasteiger partial charge on any atom is 0.327 e. The number of carbonyl (C=O) groups excluding carboxylic acids is 1. The van der Waals surface area contributed by atoms with Crippen molar-refractivity contribution in [3.05, 3.63) is 47.7 Å². The Bertz CT molecular complexity index is 1140. The van der Waals surface area contributed by atoms with E-state index in [1.54, 1.807) is 30.9 Å². The second-order valence-electron chi connectivity index (χ2n) is 8.47. The number of aromatic hydroxyl groups is 1. The van der Waals surface area contributed by atoms with Crippen molar-refractivity contribution in [3.8, 4) is 39.9 Å². The molecule has 0 saturated heterocycles. The van der Waals surface area contributed by atoms with E-state index >= 15 is 0 Å². The Hall–Kier alpha value is -3.52. The van der Waals surface area contributed by atoms with Crippen LogP contribution in [0.4, 0.5) is 4.79 Å². The number of methoxy groups -OCH3 is 2. The van der Waals surface area contributed by atoms with Crippen LogP contribution in [0.1, 0.15) is 49.3 Å². The van der Waals surface area contributed by atoms with E-state index in [0.717, 1.165) is 48.4 Å². The highest BCUT2D eigenvalue weighted by atomic mass is 16.5. The lowest BCUT2D eigenvalue weighted by Gasteiger charge is -2.21. The van der Waals surface area contributed by atoms with Gasteiger partial charge in [0, 0.05) is 29.7 Å². The summed E-state index contributed by atoms with van der Waals surface area (Å²) in [5.74, 6) is 1.46.